The first kappa shape index (κ1) is 20.5. The first-order chi connectivity index (χ1) is 14.6. The molecule has 1 heterocycles. The van der Waals surface area contributed by atoms with Crippen LogP contribution in [-0.4, -0.2) is 20.3 Å². The van der Waals surface area contributed by atoms with E-state index in [1.165, 1.54) is 0 Å². The van der Waals surface area contributed by atoms with Gasteiger partial charge < -0.3 is 24.3 Å². The average Bonchev–Trinajstić information content (AvgIpc) is 2.77. The van der Waals surface area contributed by atoms with Crippen LogP contribution in [0.15, 0.2) is 54.6 Å². The molecular weight excluding hydrogens is 425 g/mol. The van der Waals surface area contributed by atoms with E-state index in [0.717, 1.165) is 28.3 Å². The minimum Gasteiger partial charge on any atom is -0.493 e. The molecule has 0 radical (unpaired) electrons. The van der Waals surface area contributed by atoms with Crippen LogP contribution in [0.4, 0.5) is 5.69 Å². The largest absolute Gasteiger partial charge is 0.493 e. The smallest absolute Gasteiger partial charge is 0.163 e. The van der Waals surface area contributed by atoms with E-state index in [4.69, 9.17) is 42.1 Å². The van der Waals surface area contributed by atoms with Gasteiger partial charge in [-0.05, 0) is 41.5 Å². The Morgan fingerprint density at radius 1 is 0.933 bits per heavy atom. The molecule has 156 valence electrons. The number of hydrogen-bond donors (Lipinski definition) is 1. The third-order valence-corrected chi connectivity index (χ3v) is 5.23. The minimum absolute atomic E-state index is 0.363. The molecule has 0 aliphatic carbocycles. The van der Waals surface area contributed by atoms with Crippen LogP contribution in [0, 0.1) is 0 Å². The van der Waals surface area contributed by atoms with E-state index in [1.54, 1.807) is 13.2 Å². The lowest BCUT2D eigenvalue weighted by atomic mass is 10.2. The van der Waals surface area contributed by atoms with Crippen LogP contribution in [0.1, 0.15) is 11.1 Å². The van der Waals surface area contributed by atoms with Gasteiger partial charge in [0.25, 0.3) is 0 Å². The van der Waals surface area contributed by atoms with Crippen LogP contribution in [0.2, 0.25) is 10.0 Å². The number of methoxy groups -OCH3 is 1. The van der Waals surface area contributed by atoms with Crippen LogP contribution in [-0.2, 0) is 13.2 Å². The Balaban J connectivity index is 1.45. The molecule has 0 saturated heterocycles. The van der Waals surface area contributed by atoms with Crippen molar-refractivity contribution in [1.82, 2.24) is 0 Å². The van der Waals surface area contributed by atoms with Crippen molar-refractivity contribution >= 4 is 28.9 Å². The van der Waals surface area contributed by atoms with Gasteiger partial charge in [-0.25, -0.2) is 0 Å². The lowest BCUT2D eigenvalue weighted by Gasteiger charge is -2.19. The van der Waals surface area contributed by atoms with Crippen molar-refractivity contribution in [1.29, 1.82) is 0 Å². The van der Waals surface area contributed by atoms with Gasteiger partial charge in [0.1, 0.15) is 19.8 Å². The fourth-order valence-corrected chi connectivity index (χ4v) is 3.56. The van der Waals surface area contributed by atoms with Crippen LogP contribution < -0.4 is 24.3 Å². The topological polar surface area (TPSA) is 49.0 Å². The zero-order chi connectivity index (χ0) is 20.9. The van der Waals surface area contributed by atoms with E-state index in [1.807, 2.05) is 48.5 Å². The van der Waals surface area contributed by atoms with Gasteiger partial charge >= 0.3 is 0 Å². The molecule has 1 aliphatic heterocycles. The summed E-state index contributed by atoms with van der Waals surface area (Å²) in [5, 5.41) is 4.61. The van der Waals surface area contributed by atoms with Crippen LogP contribution in [0.5, 0.6) is 23.0 Å². The zero-order valence-corrected chi connectivity index (χ0v) is 17.9. The molecular formula is C23H21Cl2NO4. The van der Waals surface area contributed by atoms with Crippen molar-refractivity contribution in [2.45, 2.75) is 13.2 Å². The summed E-state index contributed by atoms with van der Waals surface area (Å²) < 4.78 is 22.6. The highest BCUT2D eigenvalue weighted by molar-refractivity contribution is 6.31. The third kappa shape index (κ3) is 4.86. The SMILES string of the molecule is COc1cc(CNc2ccc3c(c2)OCCO3)c(Cl)cc1OCc1cccc(Cl)c1. The van der Waals surface area contributed by atoms with E-state index in [-0.39, 0.29) is 0 Å². The van der Waals surface area contributed by atoms with Crippen molar-refractivity contribution in [3.8, 4) is 23.0 Å². The maximum atomic E-state index is 6.51. The molecule has 5 nitrogen and oxygen atoms in total. The molecule has 0 fully saturated rings. The predicted molar refractivity (Wildman–Crippen MR) is 119 cm³/mol. The van der Waals surface area contributed by atoms with Gasteiger partial charge in [-0.2, -0.15) is 0 Å². The van der Waals surface area contributed by atoms with Crippen molar-refractivity contribution in [2.75, 3.05) is 25.6 Å². The molecule has 3 aromatic rings. The predicted octanol–water partition coefficient (Wildman–Crippen LogP) is 5.96. The fraction of sp³-hybridized carbons (Fsp3) is 0.217. The van der Waals surface area contributed by atoms with E-state index in [2.05, 4.69) is 5.32 Å². The molecule has 4 rings (SSSR count). The summed E-state index contributed by atoms with van der Waals surface area (Å²) in [6, 6.07) is 16.9. The summed E-state index contributed by atoms with van der Waals surface area (Å²) in [5.74, 6) is 2.68. The van der Waals surface area contributed by atoms with Gasteiger partial charge in [0.15, 0.2) is 23.0 Å². The molecule has 1 N–H and O–H groups in total. The Kier molecular flexibility index (Phi) is 6.41. The summed E-state index contributed by atoms with van der Waals surface area (Å²) in [5.41, 5.74) is 2.76. The number of hydrogen-bond acceptors (Lipinski definition) is 5. The number of rotatable bonds is 7. The van der Waals surface area contributed by atoms with Crippen LogP contribution >= 0.6 is 23.2 Å². The monoisotopic (exact) mass is 445 g/mol. The van der Waals surface area contributed by atoms with Crippen molar-refractivity contribution < 1.29 is 18.9 Å². The fourth-order valence-electron chi connectivity index (χ4n) is 3.12. The summed E-state index contributed by atoms with van der Waals surface area (Å²) >= 11 is 12.5. The first-order valence-corrected chi connectivity index (χ1v) is 10.2. The van der Waals surface area contributed by atoms with Crippen LogP contribution in [0.3, 0.4) is 0 Å². The minimum atomic E-state index is 0.363. The molecule has 0 bridgehead atoms. The van der Waals surface area contributed by atoms with Gasteiger partial charge in [0, 0.05) is 34.4 Å². The van der Waals surface area contributed by atoms with E-state index in [9.17, 15) is 0 Å². The lowest BCUT2D eigenvalue weighted by molar-refractivity contribution is 0.171. The highest BCUT2D eigenvalue weighted by Crippen LogP contribution is 2.36. The van der Waals surface area contributed by atoms with E-state index < -0.39 is 0 Å². The molecule has 0 atom stereocenters. The maximum Gasteiger partial charge on any atom is 0.163 e. The molecule has 0 unspecified atom stereocenters. The van der Waals surface area contributed by atoms with Gasteiger partial charge in [-0.15, -0.1) is 0 Å². The number of anilines is 1. The Labute approximate surface area is 185 Å². The van der Waals surface area contributed by atoms with Crippen molar-refractivity contribution in [3.63, 3.8) is 0 Å². The Morgan fingerprint density at radius 3 is 2.57 bits per heavy atom. The molecule has 0 amide bonds. The molecule has 0 saturated carbocycles. The second-order valence-corrected chi connectivity index (χ2v) is 7.57. The molecule has 0 aromatic heterocycles. The van der Waals surface area contributed by atoms with Crippen molar-refractivity contribution in [3.05, 3.63) is 75.8 Å². The first-order valence-electron chi connectivity index (χ1n) is 9.49. The zero-order valence-electron chi connectivity index (χ0n) is 16.4. The Morgan fingerprint density at radius 2 is 1.77 bits per heavy atom. The lowest BCUT2D eigenvalue weighted by Crippen LogP contribution is -2.15. The normalized spacial score (nSPS) is 12.4. The van der Waals surface area contributed by atoms with Gasteiger partial charge in [0.05, 0.1) is 7.11 Å². The van der Waals surface area contributed by atoms with Gasteiger partial charge in [0.2, 0.25) is 0 Å². The second kappa shape index (κ2) is 9.37. The summed E-state index contributed by atoms with van der Waals surface area (Å²) in [6.45, 7) is 2.00. The highest BCUT2D eigenvalue weighted by atomic mass is 35.5. The molecule has 1 aliphatic rings. The van der Waals surface area contributed by atoms with Gasteiger partial charge in [-0.1, -0.05) is 35.3 Å². The van der Waals surface area contributed by atoms with E-state index >= 15 is 0 Å². The maximum absolute atomic E-state index is 6.51. The average molecular weight is 446 g/mol. The quantitative estimate of drug-likeness (QED) is 0.485. The number of benzene rings is 3. The highest BCUT2D eigenvalue weighted by Gasteiger charge is 2.14. The third-order valence-electron chi connectivity index (χ3n) is 4.64. The molecule has 0 spiro atoms. The number of fused-ring (bicyclic) bond motifs is 1. The van der Waals surface area contributed by atoms with Crippen molar-refractivity contribution in [2.24, 2.45) is 0 Å². The Hall–Kier alpha value is -2.76. The summed E-state index contributed by atoms with van der Waals surface area (Å²) in [6.07, 6.45) is 0. The van der Waals surface area contributed by atoms with E-state index in [0.29, 0.717) is 47.9 Å². The molecule has 7 heteroatoms. The summed E-state index contributed by atoms with van der Waals surface area (Å²) in [7, 11) is 1.60. The second-order valence-electron chi connectivity index (χ2n) is 6.73. The summed E-state index contributed by atoms with van der Waals surface area (Å²) in [4.78, 5) is 0. The number of halogens is 2. The van der Waals surface area contributed by atoms with Gasteiger partial charge in [-0.3, -0.25) is 0 Å². The molecule has 30 heavy (non-hydrogen) atoms. The number of nitrogens with one attached hydrogen (secondary N) is 1. The standard InChI is InChI=1S/C23H21Cl2NO4/c1-27-21-10-16(13-26-18-5-6-20-22(11-18)29-8-7-28-20)19(25)12-23(21)30-14-15-3-2-4-17(24)9-15/h2-6,9-12,26H,7-8,13-14H2,1H3. The number of ether oxygens (including phenoxy) is 4. The van der Waals surface area contributed by atoms with Crippen LogP contribution in [0.25, 0.3) is 0 Å². The Bertz CT molecular complexity index is 1040. The molecule has 3 aromatic carbocycles.